The Labute approximate surface area is 375 Å². The molecular formula is C48H42ClF6N5O5. The largest absolute Gasteiger partial charge is 0.508 e. The molecule has 17 heteroatoms. The van der Waals surface area contributed by atoms with E-state index in [0.717, 1.165) is 33.5 Å². The maximum atomic E-state index is 14.0. The number of carbonyl (C=O) groups is 1. The number of phenols is 2. The molecule has 0 bridgehead atoms. The maximum Gasteiger partial charge on any atom is 0.418 e. The molecule has 9 rings (SSSR count). The maximum absolute atomic E-state index is 14.0. The van der Waals surface area contributed by atoms with Crippen LogP contribution in [0.2, 0.25) is 0 Å². The van der Waals surface area contributed by atoms with Crippen molar-refractivity contribution in [2.45, 2.75) is 56.3 Å². The monoisotopic (exact) mass is 917 g/mol. The van der Waals surface area contributed by atoms with E-state index in [2.05, 4.69) is 15.5 Å². The van der Waals surface area contributed by atoms with E-state index < -0.39 is 34.7 Å². The number of phenolic OH excluding ortho intramolecular Hbond substituents is 2. The van der Waals surface area contributed by atoms with Gasteiger partial charge in [0.15, 0.2) is 11.2 Å². The number of carbonyl (C=O) groups excluding carboxylic acids is 1. The van der Waals surface area contributed by atoms with Crippen LogP contribution in [0, 0.1) is 5.92 Å². The van der Waals surface area contributed by atoms with Crippen LogP contribution in [0.3, 0.4) is 0 Å². The third-order valence-electron chi connectivity index (χ3n) is 11.5. The second kappa shape index (κ2) is 18.0. The summed E-state index contributed by atoms with van der Waals surface area (Å²) in [6.07, 6.45) is -0.421. The van der Waals surface area contributed by atoms with E-state index in [1.807, 2.05) is 0 Å². The van der Waals surface area contributed by atoms with Gasteiger partial charge in [0.1, 0.15) is 29.3 Å². The number of nitrogens with zero attached hydrogens (tertiary/aromatic N) is 4. The van der Waals surface area contributed by atoms with Crippen LogP contribution in [0.15, 0.2) is 140 Å². The molecule has 4 atom stereocenters. The quantitative estimate of drug-likeness (QED) is 0.0866. The van der Waals surface area contributed by atoms with Gasteiger partial charge in [-0.25, -0.2) is 9.36 Å². The molecule has 65 heavy (non-hydrogen) atoms. The predicted octanol–water partition coefficient (Wildman–Crippen LogP) is 10.8. The molecule has 0 radical (unpaired) electrons. The minimum atomic E-state index is -4.67. The number of hydrogen-bond acceptors (Lipinski definition) is 8. The third kappa shape index (κ3) is 9.83. The topological polar surface area (TPSA) is 124 Å². The molecule has 1 saturated heterocycles. The van der Waals surface area contributed by atoms with Crippen LogP contribution in [0.5, 0.6) is 23.0 Å². The molecule has 2 aromatic heterocycles. The molecule has 3 heterocycles. The number of ether oxygens (including phenoxy) is 2. The number of alkyl halides is 6. The van der Waals surface area contributed by atoms with Crippen LogP contribution in [0.25, 0.3) is 11.4 Å². The van der Waals surface area contributed by atoms with Crippen molar-refractivity contribution in [1.29, 1.82) is 0 Å². The molecule has 10 nitrogen and oxygen atoms in total. The van der Waals surface area contributed by atoms with E-state index >= 15 is 0 Å². The van der Waals surface area contributed by atoms with Gasteiger partial charge in [-0.15, -0.1) is 12.4 Å². The molecule has 4 unspecified atom stereocenters. The summed E-state index contributed by atoms with van der Waals surface area (Å²) in [4.78, 5) is 12.4. The Morgan fingerprint density at radius 1 is 0.646 bits per heavy atom. The minimum Gasteiger partial charge on any atom is -0.508 e. The van der Waals surface area contributed by atoms with Gasteiger partial charge in [0.25, 0.3) is 0 Å². The fourth-order valence-electron chi connectivity index (χ4n) is 7.88. The van der Waals surface area contributed by atoms with E-state index in [9.17, 15) is 41.4 Å². The Morgan fingerprint density at radius 2 is 1.08 bits per heavy atom. The molecule has 0 amide bonds. The van der Waals surface area contributed by atoms with Crippen molar-refractivity contribution in [2.24, 2.45) is 5.92 Å². The molecule has 5 aromatic carbocycles. The highest BCUT2D eigenvalue weighted by Crippen LogP contribution is 2.42. The van der Waals surface area contributed by atoms with Gasteiger partial charge in [-0.3, -0.25) is 4.79 Å². The second-order valence-electron chi connectivity index (χ2n) is 15.9. The van der Waals surface area contributed by atoms with Crippen LogP contribution in [0.1, 0.15) is 70.4 Å². The van der Waals surface area contributed by atoms with Crippen molar-refractivity contribution in [2.75, 3.05) is 6.54 Å². The average Bonchev–Trinajstić information content (AvgIpc) is 3.69. The smallest absolute Gasteiger partial charge is 0.418 e. The Bertz CT molecular complexity index is 2600. The SMILES string of the molecule is C1CC2CC2N1.CC(Oc1cc(C=O)cc(OC(C)(c2ccc(O)cc2)c2cnn(-c3ccccc3C(F)(F)F)c2)c1)(c1ccc(O)cc1)c1cnn(-c2ccccc2C(F)(F)F)c1.Cl. The van der Waals surface area contributed by atoms with Crippen LogP contribution in [0.4, 0.5) is 26.3 Å². The molecule has 2 aliphatic rings. The lowest BCUT2D eigenvalue weighted by Crippen LogP contribution is -2.31. The van der Waals surface area contributed by atoms with Crippen molar-refractivity contribution < 1.29 is 50.8 Å². The predicted molar refractivity (Wildman–Crippen MR) is 231 cm³/mol. The van der Waals surface area contributed by atoms with Gasteiger partial charge in [-0.05, 0) is 99.8 Å². The van der Waals surface area contributed by atoms with E-state index in [-0.39, 0.29) is 52.3 Å². The molecular weight excluding hydrogens is 876 g/mol. The van der Waals surface area contributed by atoms with Gasteiger partial charge in [-0.2, -0.15) is 36.5 Å². The van der Waals surface area contributed by atoms with Crippen molar-refractivity contribution in [3.63, 3.8) is 0 Å². The van der Waals surface area contributed by atoms with Crippen LogP contribution in [-0.4, -0.2) is 48.6 Å². The van der Waals surface area contributed by atoms with Crippen molar-refractivity contribution in [1.82, 2.24) is 24.9 Å². The van der Waals surface area contributed by atoms with Crippen LogP contribution < -0.4 is 14.8 Å². The number of para-hydroxylation sites is 2. The Hall–Kier alpha value is -6.78. The summed E-state index contributed by atoms with van der Waals surface area (Å²) in [6, 6.07) is 27.0. The lowest BCUT2D eigenvalue weighted by Gasteiger charge is -2.33. The van der Waals surface area contributed by atoms with Gasteiger partial charge in [0.2, 0.25) is 0 Å². The Balaban J connectivity index is 0.000000822. The first-order valence-corrected chi connectivity index (χ1v) is 20.2. The summed E-state index contributed by atoms with van der Waals surface area (Å²) in [6.45, 7) is 4.56. The number of halogens is 7. The Kier molecular flexibility index (Phi) is 12.8. The molecule has 7 aromatic rings. The summed E-state index contributed by atoms with van der Waals surface area (Å²) in [7, 11) is 0. The first-order chi connectivity index (χ1) is 30.4. The highest BCUT2D eigenvalue weighted by molar-refractivity contribution is 5.85. The molecule has 1 saturated carbocycles. The summed E-state index contributed by atoms with van der Waals surface area (Å²) in [5, 5.41) is 32.1. The van der Waals surface area contributed by atoms with Crippen molar-refractivity contribution >= 4 is 18.7 Å². The van der Waals surface area contributed by atoms with Gasteiger partial charge in [-0.1, -0.05) is 48.5 Å². The number of piperidine rings is 1. The molecule has 0 spiro atoms. The summed E-state index contributed by atoms with van der Waals surface area (Å²) < 4.78 is 99.3. The fraction of sp³-hybridized carbons (Fsp3) is 0.229. The highest BCUT2D eigenvalue weighted by atomic mass is 35.5. The van der Waals surface area contributed by atoms with Gasteiger partial charge >= 0.3 is 12.4 Å². The van der Waals surface area contributed by atoms with Crippen LogP contribution >= 0.6 is 12.4 Å². The Morgan fingerprint density at radius 3 is 1.42 bits per heavy atom. The highest BCUT2D eigenvalue weighted by Gasteiger charge is 2.41. The zero-order valence-corrected chi connectivity index (χ0v) is 35.5. The van der Waals surface area contributed by atoms with Crippen molar-refractivity contribution in [3.05, 3.63) is 179 Å². The fourth-order valence-corrected chi connectivity index (χ4v) is 7.88. The van der Waals surface area contributed by atoms with Gasteiger partial charge < -0.3 is 25.0 Å². The number of aldehydes is 1. The molecule has 338 valence electrons. The minimum absolute atomic E-state index is 0. The molecule has 3 N–H and O–H groups in total. The molecule has 2 fully saturated rings. The van der Waals surface area contributed by atoms with Crippen molar-refractivity contribution in [3.8, 4) is 34.4 Å². The summed E-state index contributed by atoms with van der Waals surface area (Å²) >= 11 is 0. The zero-order valence-electron chi connectivity index (χ0n) is 34.7. The molecule has 1 aliphatic carbocycles. The van der Waals surface area contributed by atoms with Gasteiger partial charge in [0.05, 0.1) is 34.9 Å². The number of nitrogens with one attached hydrogen (secondary N) is 1. The number of rotatable bonds is 11. The zero-order chi connectivity index (χ0) is 45.4. The lowest BCUT2D eigenvalue weighted by atomic mass is 9.89. The summed E-state index contributed by atoms with van der Waals surface area (Å²) in [5.41, 5.74) is -3.70. The van der Waals surface area contributed by atoms with Gasteiger partial charge in [0, 0.05) is 52.3 Å². The second-order valence-corrected chi connectivity index (χ2v) is 15.9. The first-order valence-electron chi connectivity index (χ1n) is 20.2. The van der Waals surface area contributed by atoms with E-state index in [0.29, 0.717) is 28.5 Å². The lowest BCUT2D eigenvalue weighted by molar-refractivity contribution is -0.138. The average molecular weight is 918 g/mol. The first kappa shape index (κ1) is 46.2. The standard InChI is InChI=1S/C43H32F6N4O5.C5H9N.ClH/c1-40(28-11-15-32(55)16-12-28,30-22-50-52(24-30)38-9-5-3-7-36(38)42(44,45)46)57-34-19-27(26-54)20-35(21-34)58-41(2,29-13-17-33(56)18-14-29)31-23-51-53(25-31)39-10-6-4-8-37(39)43(47,48)49;1-2-6-5-3-4(1)5;/h3-26,55-56H,1-2H3;4-6H,1-3H2;1H. The third-order valence-corrected chi connectivity index (χ3v) is 11.5. The summed E-state index contributed by atoms with van der Waals surface area (Å²) in [5.74, 6) is 1.13. The van der Waals surface area contributed by atoms with E-state index in [1.54, 1.807) is 38.1 Å². The number of fused-ring (bicyclic) bond motifs is 1. The number of aromatic nitrogens is 4. The van der Waals surface area contributed by atoms with E-state index in [4.69, 9.17) is 9.47 Å². The number of hydrogen-bond donors (Lipinski definition) is 3. The molecule has 1 aliphatic heterocycles. The van der Waals surface area contributed by atoms with E-state index in [1.165, 1.54) is 123 Å². The number of aromatic hydroxyl groups is 2. The normalized spacial score (nSPS) is 17.3. The number of benzene rings is 5. The van der Waals surface area contributed by atoms with Crippen LogP contribution in [-0.2, 0) is 23.6 Å².